The Labute approximate surface area is 353 Å². The van der Waals surface area contributed by atoms with Crippen molar-refractivity contribution in [2.75, 3.05) is 39.4 Å². The van der Waals surface area contributed by atoms with E-state index in [1.165, 1.54) is 0 Å². The summed E-state index contributed by atoms with van der Waals surface area (Å²) < 4.78 is 0. The van der Waals surface area contributed by atoms with Crippen molar-refractivity contribution in [1.29, 1.82) is 0 Å². The van der Waals surface area contributed by atoms with Gasteiger partial charge in [0.2, 0.25) is 5.91 Å². The molecule has 348 valence electrons. The van der Waals surface area contributed by atoms with Crippen molar-refractivity contribution in [3.63, 3.8) is 0 Å². The largest absolute Gasteiger partial charge is 0.394 e. The molecule has 4 aliphatic carbocycles. The fraction of sp³-hybridized carbons (Fsp3) is 0.929. The van der Waals surface area contributed by atoms with Gasteiger partial charge in [0.05, 0.1) is 25.4 Å². The van der Waals surface area contributed by atoms with Crippen LogP contribution in [0.4, 0.5) is 0 Å². The maximum atomic E-state index is 13.8. The minimum atomic E-state index is -2.11. The number of rotatable bonds is 22. The molecular formula is C42H75N3O15. The second kappa shape index (κ2) is 22.0. The summed E-state index contributed by atoms with van der Waals surface area (Å²) in [5.74, 6) is -0.145. The standard InChI is InChI=1S/C42H75N3O15/c1-22(26-9-10-27-25-8-7-23-18-24(48)12-13-41(23,2)28(25)19-31(51)42(26,27)3)6-11-32(52)45(16-4-14-43-39(59)37(57)35(55)33(53)29(49)20-46)17-5-15-44-40(60)38(58)36(56)34(54)30(50)21-47/h22-31,33-38,46-51,53-58H,4-21H2,1-3H3,(H,43,59)(H,44,60)/t22-,23+,24+,25-,26+,27-,28-,29-,30+,31-,33-,34-,35-,36-,37-,38-,41+,42-/m1/s1. The molecule has 0 radical (unpaired) electrons. The molecule has 0 aromatic rings. The monoisotopic (exact) mass is 862 g/mol. The fourth-order valence-corrected chi connectivity index (χ4v) is 11.8. The molecule has 4 saturated carbocycles. The maximum Gasteiger partial charge on any atom is 0.251 e. The Hall–Kier alpha value is -2.07. The van der Waals surface area contributed by atoms with E-state index in [9.17, 15) is 65.4 Å². The molecule has 0 aromatic carbocycles. The van der Waals surface area contributed by atoms with Crippen LogP contribution in [0, 0.1) is 46.3 Å². The molecule has 0 unspecified atom stereocenters. The van der Waals surface area contributed by atoms with Crippen LogP contribution in [0.1, 0.15) is 97.8 Å². The Balaban J connectivity index is 1.35. The van der Waals surface area contributed by atoms with Gasteiger partial charge in [0.15, 0.2) is 12.2 Å². The molecule has 0 aliphatic heterocycles. The number of nitrogens with one attached hydrogen (secondary N) is 2. The third-order valence-electron chi connectivity index (χ3n) is 15.5. The molecule has 3 amide bonds. The molecule has 4 fully saturated rings. The predicted octanol–water partition coefficient (Wildman–Crippen LogP) is -2.89. The average molecular weight is 862 g/mol. The van der Waals surface area contributed by atoms with Gasteiger partial charge < -0.3 is 76.8 Å². The Morgan fingerprint density at radius 3 is 1.75 bits per heavy atom. The second-order valence-electron chi connectivity index (χ2n) is 18.9. The molecule has 60 heavy (non-hydrogen) atoms. The molecule has 0 aromatic heterocycles. The van der Waals surface area contributed by atoms with Crippen molar-refractivity contribution in [2.45, 2.75) is 159 Å². The van der Waals surface area contributed by atoms with E-state index in [0.717, 1.165) is 51.4 Å². The Bertz CT molecular complexity index is 1350. The SMILES string of the molecule is C[C@H](CCC(=O)N(CCCNC(=O)[C@H](O)[C@H](O)[C@H](O)[C@H](O)CO)CCCNC(=O)[C@H](O)[C@H](O)[C@H](O)[C@@H](O)CO)[C@@H]1CC[C@@H]2[C@H]3CC[C@H]4C[C@@H](O)CC[C@]4(C)[C@@H]3C[C@@H](O)[C@@]21C. The molecule has 18 heteroatoms. The first kappa shape index (κ1) is 50.6. The molecule has 0 heterocycles. The van der Waals surface area contributed by atoms with Crippen LogP contribution in [0.3, 0.4) is 0 Å². The van der Waals surface area contributed by atoms with Gasteiger partial charge >= 0.3 is 0 Å². The number of hydrogen-bond donors (Lipinski definition) is 14. The maximum absolute atomic E-state index is 13.8. The van der Waals surface area contributed by atoms with Crippen LogP contribution in [-0.2, 0) is 14.4 Å². The molecule has 0 spiro atoms. The van der Waals surface area contributed by atoms with E-state index in [4.69, 9.17) is 10.2 Å². The first-order chi connectivity index (χ1) is 28.2. The normalized spacial score (nSPS) is 34.6. The number of aliphatic hydroxyl groups is 12. The van der Waals surface area contributed by atoms with E-state index in [1.54, 1.807) is 4.90 Å². The lowest BCUT2D eigenvalue weighted by Crippen LogP contribution is -2.58. The predicted molar refractivity (Wildman–Crippen MR) is 215 cm³/mol. The second-order valence-corrected chi connectivity index (χ2v) is 18.9. The number of fused-ring (bicyclic) bond motifs is 5. The van der Waals surface area contributed by atoms with Crippen LogP contribution in [0.5, 0.6) is 0 Å². The van der Waals surface area contributed by atoms with Gasteiger partial charge in [0, 0.05) is 32.6 Å². The zero-order valence-electron chi connectivity index (χ0n) is 35.5. The highest BCUT2D eigenvalue weighted by Gasteiger charge is 2.63. The van der Waals surface area contributed by atoms with E-state index < -0.39 is 80.0 Å². The summed E-state index contributed by atoms with van der Waals surface area (Å²) in [5.41, 5.74) is -0.164. The van der Waals surface area contributed by atoms with E-state index in [2.05, 4.69) is 31.4 Å². The number of amides is 3. The number of hydrogen-bond acceptors (Lipinski definition) is 15. The van der Waals surface area contributed by atoms with Crippen LogP contribution < -0.4 is 10.6 Å². The fourth-order valence-electron chi connectivity index (χ4n) is 11.8. The summed E-state index contributed by atoms with van der Waals surface area (Å²) in [6.07, 6.45) is -7.85. The van der Waals surface area contributed by atoms with Crippen molar-refractivity contribution in [3.05, 3.63) is 0 Å². The lowest BCUT2D eigenvalue weighted by atomic mass is 9.43. The molecule has 18 atom stereocenters. The Kier molecular flexibility index (Phi) is 18.6. The number of aliphatic hydroxyl groups excluding tert-OH is 12. The minimum Gasteiger partial charge on any atom is -0.394 e. The van der Waals surface area contributed by atoms with Gasteiger partial charge in [-0.3, -0.25) is 14.4 Å². The van der Waals surface area contributed by atoms with E-state index in [-0.39, 0.29) is 80.1 Å². The third kappa shape index (κ3) is 11.2. The summed E-state index contributed by atoms with van der Waals surface area (Å²) in [6.45, 7) is 5.15. The zero-order chi connectivity index (χ0) is 44.7. The molecule has 0 saturated heterocycles. The van der Waals surface area contributed by atoms with E-state index in [1.807, 2.05) is 0 Å². The summed E-state index contributed by atoms with van der Waals surface area (Å²) in [7, 11) is 0. The lowest BCUT2D eigenvalue weighted by molar-refractivity contribution is -0.175. The van der Waals surface area contributed by atoms with Gasteiger partial charge in [-0.2, -0.15) is 0 Å². The molecule has 4 rings (SSSR count). The first-order valence-corrected chi connectivity index (χ1v) is 22.1. The molecule has 14 N–H and O–H groups in total. The molecule has 0 bridgehead atoms. The minimum absolute atomic E-state index is 0.0491. The zero-order valence-corrected chi connectivity index (χ0v) is 35.5. The Morgan fingerprint density at radius 2 is 1.23 bits per heavy atom. The quantitative estimate of drug-likeness (QED) is 0.0486. The van der Waals surface area contributed by atoms with Crippen molar-refractivity contribution in [3.8, 4) is 0 Å². The highest BCUT2D eigenvalue weighted by Crippen LogP contribution is 2.68. The number of nitrogens with zero attached hydrogens (tertiary/aromatic N) is 1. The first-order valence-electron chi connectivity index (χ1n) is 22.1. The summed E-state index contributed by atoms with van der Waals surface area (Å²) >= 11 is 0. The van der Waals surface area contributed by atoms with E-state index >= 15 is 0 Å². The molecular weight excluding hydrogens is 786 g/mol. The Morgan fingerprint density at radius 1 is 0.700 bits per heavy atom. The van der Waals surface area contributed by atoms with Gasteiger partial charge in [0.25, 0.3) is 11.8 Å². The van der Waals surface area contributed by atoms with Crippen molar-refractivity contribution >= 4 is 17.7 Å². The van der Waals surface area contributed by atoms with Crippen LogP contribution in [0.25, 0.3) is 0 Å². The van der Waals surface area contributed by atoms with Gasteiger partial charge in [-0.15, -0.1) is 0 Å². The highest BCUT2D eigenvalue weighted by atomic mass is 16.4. The van der Waals surface area contributed by atoms with Crippen molar-refractivity contribution < 1.29 is 75.7 Å². The van der Waals surface area contributed by atoms with Crippen LogP contribution in [0.2, 0.25) is 0 Å². The highest BCUT2D eigenvalue weighted by molar-refractivity contribution is 5.81. The average Bonchev–Trinajstić information content (AvgIpc) is 3.61. The van der Waals surface area contributed by atoms with Gasteiger partial charge in [-0.25, -0.2) is 0 Å². The van der Waals surface area contributed by atoms with Gasteiger partial charge in [0.1, 0.15) is 36.6 Å². The van der Waals surface area contributed by atoms with Crippen LogP contribution >= 0.6 is 0 Å². The van der Waals surface area contributed by atoms with Gasteiger partial charge in [-0.05, 0) is 117 Å². The molecule has 4 aliphatic rings. The topological polar surface area (TPSA) is 321 Å². The van der Waals surface area contributed by atoms with E-state index in [0.29, 0.717) is 30.1 Å². The lowest BCUT2D eigenvalue weighted by Gasteiger charge is -2.62. The third-order valence-corrected chi connectivity index (χ3v) is 15.5. The number of carbonyl (C=O) groups is 3. The number of carbonyl (C=O) groups excluding carboxylic acids is 3. The van der Waals surface area contributed by atoms with Crippen LogP contribution in [0.15, 0.2) is 0 Å². The summed E-state index contributed by atoms with van der Waals surface area (Å²) in [5, 5.41) is 124. The van der Waals surface area contributed by atoms with Crippen LogP contribution in [-0.4, -0.2) is 184 Å². The van der Waals surface area contributed by atoms with Crippen molar-refractivity contribution in [2.24, 2.45) is 46.3 Å². The summed E-state index contributed by atoms with van der Waals surface area (Å²) in [6, 6.07) is 0. The van der Waals surface area contributed by atoms with Gasteiger partial charge in [-0.1, -0.05) is 20.8 Å². The smallest absolute Gasteiger partial charge is 0.251 e. The van der Waals surface area contributed by atoms with Crippen molar-refractivity contribution in [1.82, 2.24) is 15.5 Å². The summed E-state index contributed by atoms with van der Waals surface area (Å²) in [4.78, 5) is 40.3. The molecule has 18 nitrogen and oxygen atoms in total.